The first kappa shape index (κ1) is 22.2. The maximum Gasteiger partial charge on any atom is 0.325 e. The number of aromatic amines is 1. The van der Waals surface area contributed by atoms with Crippen molar-refractivity contribution < 1.29 is 14.3 Å². The fraction of sp³-hybridized carbons (Fsp3) is 0.241. The highest BCUT2D eigenvalue weighted by Crippen LogP contribution is 2.45. The van der Waals surface area contributed by atoms with Gasteiger partial charge in [0, 0.05) is 41.2 Å². The van der Waals surface area contributed by atoms with Crippen molar-refractivity contribution in [2.75, 3.05) is 11.4 Å². The number of benzene rings is 3. The number of ether oxygens (including phenoxy) is 1. The van der Waals surface area contributed by atoms with Crippen LogP contribution in [-0.2, 0) is 6.42 Å². The van der Waals surface area contributed by atoms with E-state index in [1.54, 1.807) is 23.1 Å². The number of hydrogen-bond acceptors (Lipinski definition) is 3. The van der Waals surface area contributed by atoms with E-state index in [-0.39, 0.29) is 18.0 Å². The standard InChI is InChI=1S/C29H28N4O3/c1-18-10-11-26-23(14-18)25-16-29(2,36-26)33(28(35)32-25)21-7-5-6-19(15-21)27(34)30-13-12-20-17-31-24-9-4-3-8-22(20)24/h3-11,14-15,17,25,31H,12-13,16H2,1-2H3,(H,30,34)(H,32,35)/t25-,29-/m1/s1. The van der Waals surface area contributed by atoms with Crippen LogP contribution in [0.3, 0.4) is 0 Å². The lowest BCUT2D eigenvalue weighted by molar-refractivity contribution is 0.0378. The zero-order valence-electron chi connectivity index (χ0n) is 20.3. The zero-order valence-corrected chi connectivity index (χ0v) is 20.3. The van der Waals surface area contributed by atoms with Gasteiger partial charge in [0.1, 0.15) is 5.75 Å². The number of aryl methyl sites for hydroxylation is 1. The molecule has 182 valence electrons. The second-order valence-corrected chi connectivity index (χ2v) is 9.78. The molecule has 0 unspecified atom stereocenters. The number of H-pyrrole nitrogens is 1. The van der Waals surface area contributed by atoms with Crippen LogP contribution in [0.5, 0.6) is 5.75 Å². The summed E-state index contributed by atoms with van der Waals surface area (Å²) in [6, 6.07) is 21.0. The molecule has 0 saturated carbocycles. The molecule has 7 nitrogen and oxygen atoms in total. The van der Waals surface area contributed by atoms with E-state index in [0.717, 1.165) is 34.4 Å². The molecule has 3 N–H and O–H groups in total. The average molecular weight is 481 g/mol. The minimum Gasteiger partial charge on any atom is -0.467 e. The predicted molar refractivity (Wildman–Crippen MR) is 139 cm³/mol. The van der Waals surface area contributed by atoms with Crippen molar-refractivity contribution in [2.45, 2.75) is 38.5 Å². The molecule has 36 heavy (non-hydrogen) atoms. The Bertz CT molecular complexity index is 1490. The molecule has 0 spiro atoms. The topological polar surface area (TPSA) is 86.5 Å². The first-order valence-electron chi connectivity index (χ1n) is 12.2. The molecule has 3 heterocycles. The van der Waals surface area contributed by atoms with Gasteiger partial charge in [-0.3, -0.25) is 9.69 Å². The van der Waals surface area contributed by atoms with E-state index < -0.39 is 5.72 Å². The van der Waals surface area contributed by atoms with Gasteiger partial charge >= 0.3 is 6.03 Å². The van der Waals surface area contributed by atoms with Crippen LogP contribution in [0.1, 0.15) is 46.4 Å². The van der Waals surface area contributed by atoms with Crippen LogP contribution in [0, 0.1) is 6.92 Å². The number of carbonyl (C=O) groups is 2. The lowest BCUT2D eigenvalue weighted by Gasteiger charge is -2.50. The lowest BCUT2D eigenvalue weighted by atomic mass is 9.89. The molecule has 2 aliphatic heterocycles. The van der Waals surface area contributed by atoms with Crippen molar-refractivity contribution >= 4 is 28.5 Å². The Balaban J connectivity index is 1.19. The summed E-state index contributed by atoms with van der Waals surface area (Å²) in [5.74, 6) is 0.595. The highest BCUT2D eigenvalue weighted by atomic mass is 16.5. The van der Waals surface area contributed by atoms with E-state index in [9.17, 15) is 9.59 Å². The maximum absolute atomic E-state index is 13.2. The molecule has 1 fully saturated rings. The molecular weight excluding hydrogens is 452 g/mol. The predicted octanol–water partition coefficient (Wildman–Crippen LogP) is 5.22. The molecule has 0 radical (unpaired) electrons. The number of hydrogen-bond donors (Lipinski definition) is 3. The first-order valence-corrected chi connectivity index (χ1v) is 12.2. The summed E-state index contributed by atoms with van der Waals surface area (Å²) >= 11 is 0. The van der Waals surface area contributed by atoms with Gasteiger partial charge < -0.3 is 20.4 Å². The monoisotopic (exact) mass is 480 g/mol. The van der Waals surface area contributed by atoms with Gasteiger partial charge in [-0.25, -0.2) is 4.79 Å². The summed E-state index contributed by atoms with van der Waals surface area (Å²) in [7, 11) is 0. The number of nitrogens with one attached hydrogen (secondary N) is 3. The van der Waals surface area contributed by atoms with Crippen LogP contribution in [0.15, 0.2) is 72.9 Å². The van der Waals surface area contributed by atoms with E-state index in [1.807, 2.05) is 56.4 Å². The van der Waals surface area contributed by atoms with Crippen molar-refractivity contribution in [1.29, 1.82) is 0 Å². The van der Waals surface area contributed by atoms with Crippen LogP contribution in [-0.4, -0.2) is 29.2 Å². The number of para-hydroxylation sites is 1. The summed E-state index contributed by atoms with van der Waals surface area (Å²) in [6.45, 7) is 4.46. The molecule has 2 aliphatic rings. The van der Waals surface area contributed by atoms with Gasteiger partial charge in [-0.05, 0) is 56.2 Å². The Hall–Kier alpha value is -4.26. The molecule has 0 aliphatic carbocycles. The van der Waals surface area contributed by atoms with E-state index in [1.165, 1.54) is 5.39 Å². The summed E-state index contributed by atoms with van der Waals surface area (Å²) in [5.41, 5.74) is 4.64. The van der Waals surface area contributed by atoms with Crippen LogP contribution in [0.2, 0.25) is 0 Å². The van der Waals surface area contributed by atoms with E-state index in [2.05, 4.69) is 27.8 Å². The van der Waals surface area contributed by atoms with Crippen molar-refractivity contribution in [3.05, 3.63) is 95.2 Å². The fourth-order valence-corrected chi connectivity index (χ4v) is 5.42. The van der Waals surface area contributed by atoms with Crippen molar-refractivity contribution in [2.24, 2.45) is 0 Å². The van der Waals surface area contributed by atoms with E-state index in [4.69, 9.17) is 4.74 Å². The van der Waals surface area contributed by atoms with Gasteiger partial charge in [-0.2, -0.15) is 0 Å². The van der Waals surface area contributed by atoms with Gasteiger partial charge in [0.05, 0.1) is 11.7 Å². The summed E-state index contributed by atoms with van der Waals surface area (Å²) in [4.78, 5) is 31.1. The minimum atomic E-state index is -0.861. The quantitative estimate of drug-likeness (QED) is 0.366. The molecule has 2 bridgehead atoms. The summed E-state index contributed by atoms with van der Waals surface area (Å²) in [5, 5.41) is 7.30. The van der Waals surface area contributed by atoms with Gasteiger partial charge in [0.2, 0.25) is 0 Å². The number of aromatic nitrogens is 1. The van der Waals surface area contributed by atoms with Crippen LogP contribution in [0.4, 0.5) is 10.5 Å². The van der Waals surface area contributed by atoms with Gasteiger partial charge in [0.25, 0.3) is 5.91 Å². The number of carbonyl (C=O) groups excluding carboxylic acids is 2. The first-order chi connectivity index (χ1) is 17.4. The molecule has 2 atom stereocenters. The van der Waals surface area contributed by atoms with Crippen molar-refractivity contribution in [3.8, 4) is 5.75 Å². The summed E-state index contributed by atoms with van der Waals surface area (Å²) < 4.78 is 6.39. The van der Waals surface area contributed by atoms with Gasteiger partial charge in [-0.15, -0.1) is 0 Å². The number of urea groups is 1. The minimum absolute atomic E-state index is 0.113. The third-order valence-corrected chi connectivity index (χ3v) is 7.15. The molecule has 1 saturated heterocycles. The SMILES string of the molecule is Cc1ccc2c(c1)[C@H]1C[C@@](C)(O2)N(c2cccc(C(=O)NCCc3c[nH]c4ccccc34)c2)C(=O)N1. The van der Waals surface area contributed by atoms with E-state index in [0.29, 0.717) is 24.2 Å². The maximum atomic E-state index is 13.2. The third-order valence-electron chi connectivity index (χ3n) is 7.15. The lowest BCUT2D eigenvalue weighted by Crippen LogP contribution is -2.65. The average Bonchev–Trinajstić information content (AvgIpc) is 3.27. The Labute approximate surface area is 209 Å². The number of rotatable bonds is 5. The van der Waals surface area contributed by atoms with Gasteiger partial charge in [-0.1, -0.05) is 42.0 Å². The van der Waals surface area contributed by atoms with Crippen LogP contribution < -0.4 is 20.3 Å². The highest BCUT2D eigenvalue weighted by molar-refractivity contribution is 5.99. The third kappa shape index (κ3) is 3.77. The largest absolute Gasteiger partial charge is 0.467 e. The fourth-order valence-electron chi connectivity index (χ4n) is 5.42. The number of fused-ring (bicyclic) bond motifs is 5. The second-order valence-electron chi connectivity index (χ2n) is 9.78. The molecule has 4 aromatic rings. The molecular formula is C29H28N4O3. The smallest absolute Gasteiger partial charge is 0.325 e. The Morgan fingerprint density at radius 1 is 1.14 bits per heavy atom. The molecule has 1 aromatic heterocycles. The second kappa shape index (κ2) is 8.45. The molecule has 3 amide bonds. The normalized spacial score (nSPS) is 20.4. The Morgan fingerprint density at radius 3 is 2.89 bits per heavy atom. The number of nitrogens with zero attached hydrogens (tertiary/aromatic N) is 1. The van der Waals surface area contributed by atoms with Crippen molar-refractivity contribution in [1.82, 2.24) is 15.6 Å². The van der Waals surface area contributed by atoms with Crippen molar-refractivity contribution in [3.63, 3.8) is 0 Å². The molecule has 6 rings (SSSR count). The Morgan fingerprint density at radius 2 is 2.00 bits per heavy atom. The highest BCUT2D eigenvalue weighted by Gasteiger charge is 2.49. The van der Waals surface area contributed by atoms with Gasteiger partial charge in [0.15, 0.2) is 5.72 Å². The zero-order chi connectivity index (χ0) is 24.9. The Kier molecular flexibility index (Phi) is 5.21. The number of amides is 3. The summed E-state index contributed by atoms with van der Waals surface area (Å²) in [6.07, 6.45) is 3.32. The van der Waals surface area contributed by atoms with Crippen LogP contribution >= 0.6 is 0 Å². The van der Waals surface area contributed by atoms with Crippen LogP contribution in [0.25, 0.3) is 10.9 Å². The number of anilines is 1. The molecule has 7 heteroatoms. The van der Waals surface area contributed by atoms with E-state index >= 15 is 0 Å². The molecule has 3 aromatic carbocycles.